The smallest absolute Gasteiger partial charge is 0.148 e. The number of nitrogens with one attached hydrogen (secondary N) is 2. The second-order valence-electron chi connectivity index (χ2n) is 4.70. The number of aromatic nitrogens is 2. The highest BCUT2D eigenvalue weighted by Crippen LogP contribution is 2.28. The van der Waals surface area contributed by atoms with Crippen LogP contribution in [0.2, 0.25) is 0 Å². The van der Waals surface area contributed by atoms with E-state index in [1.54, 1.807) is 0 Å². The molecule has 0 aliphatic heterocycles. The van der Waals surface area contributed by atoms with Gasteiger partial charge in [-0.15, -0.1) is 0 Å². The number of benzene rings is 2. The van der Waals surface area contributed by atoms with E-state index < -0.39 is 0 Å². The van der Waals surface area contributed by atoms with Crippen molar-refractivity contribution < 1.29 is 0 Å². The predicted molar refractivity (Wildman–Crippen MR) is 86.5 cm³/mol. The van der Waals surface area contributed by atoms with E-state index in [4.69, 9.17) is 5.84 Å². The lowest BCUT2D eigenvalue weighted by Gasteiger charge is -2.14. The van der Waals surface area contributed by atoms with E-state index in [2.05, 4.69) is 38.9 Å². The standard InChI is InChI=1S/C16H17N5/c1-2-12-15(18-10-19-16(12)21-17)20-14-9-5-7-11-6-3-4-8-13(11)14/h3-10H,2,17H2,1H3,(H2,18,19,20,21). The van der Waals surface area contributed by atoms with Crippen LogP contribution in [0.25, 0.3) is 10.8 Å². The number of hydrazine groups is 1. The molecule has 1 aromatic heterocycles. The molecule has 106 valence electrons. The molecule has 3 aromatic rings. The maximum atomic E-state index is 5.51. The van der Waals surface area contributed by atoms with Crippen molar-refractivity contribution in [3.8, 4) is 0 Å². The van der Waals surface area contributed by atoms with Gasteiger partial charge in [-0.2, -0.15) is 0 Å². The fraction of sp³-hybridized carbons (Fsp3) is 0.125. The molecule has 0 saturated carbocycles. The highest BCUT2D eigenvalue weighted by atomic mass is 15.3. The van der Waals surface area contributed by atoms with Crippen LogP contribution in [0.5, 0.6) is 0 Å². The molecule has 0 radical (unpaired) electrons. The molecule has 0 fully saturated rings. The number of rotatable bonds is 4. The third-order valence-electron chi connectivity index (χ3n) is 3.48. The largest absolute Gasteiger partial charge is 0.339 e. The lowest BCUT2D eigenvalue weighted by atomic mass is 10.1. The van der Waals surface area contributed by atoms with Gasteiger partial charge in [0.25, 0.3) is 0 Å². The number of fused-ring (bicyclic) bond motifs is 1. The topological polar surface area (TPSA) is 75.9 Å². The van der Waals surface area contributed by atoms with Crippen molar-refractivity contribution in [2.45, 2.75) is 13.3 Å². The molecule has 0 bridgehead atoms. The first-order chi connectivity index (χ1) is 10.3. The molecule has 21 heavy (non-hydrogen) atoms. The zero-order valence-electron chi connectivity index (χ0n) is 11.8. The summed E-state index contributed by atoms with van der Waals surface area (Å²) < 4.78 is 0. The summed E-state index contributed by atoms with van der Waals surface area (Å²) in [5.41, 5.74) is 4.60. The summed E-state index contributed by atoms with van der Waals surface area (Å²) in [6.45, 7) is 2.05. The summed E-state index contributed by atoms with van der Waals surface area (Å²) in [7, 11) is 0. The highest BCUT2D eigenvalue weighted by molar-refractivity contribution is 5.95. The lowest BCUT2D eigenvalue weighted by Crippen LogP contribution is -2.13. The third-order valence-corrected chi connectivity index (χ3v) is 3.48. The molecule has 0 unspecified atom stereocenters. The van der Waals surface area contributed by atoms with Gasteiger partial charge in [-0.1, -0.05) is 43.3 Å². The molecule has 2 aromatic carbocycles. The Morgan fingerprint density at radius 1 is 1.00 bits per heavy atom. The average Bonchev–Trinajstić information content (AvgIpc) is 2.55. The third kappa shape index (κ3) is 2.51. The van der Waals surface area contributed by atoms with Gasteiger partial charge in [0.1, 0.15) is 18.0 Å². The molecule has 0 spiro atoms. The Kier molecular flexibility index (Phi) is 3.66. The summed E-state index contributed by atoms with van der Waals surface area (Å²) in [6, 6.07) is 14.4. The molecular weight excluding hydrogens is 262 g/mol. The molecule has 5 nitrogen and oxygen atoms in total. The van der Waals surface area contributed by atoms with E-state index in [1.165, 1.54) is 11.7 Å². The van der Waals surface area contributed by atoms with E-state index in [0.29, 0.717) is 5.82 Å². The van der Waals surface area contributed by atoms with E-state index in [0.717, 1.165) is 28.9 Å². The van der Waals surface area contributed by atoms with Gasteiger partial charge >= 0.3 is 0 Å². The fourth-order valence-corrected chi connectivity index (χ4v) is 2.44. The number of hydrogen-bond acceptors (Lipinski definition) is 5. The highest BCUT2D eigenvalue weighted by Gasteiger charge is 2.10. The first kappa shape index (κ1) is 13.3. The number of hydrogen-bond donors (Lipinski definition) is 3. The first-order valence-electron chi connectivity index (χ1n) is 6.88. The van der Waals surface area contributed by atoms with E-state index in [-0.39, 0.29) is 0 Å². The fourth-order valence-electron chi connectivity index (χ4n) is 2.44. The number of nitrogens with two attached hydrogens (primary N) is 1. The summed E-state index contributed by atoms with van der Waals surface area (Å²) in [4.78, 5) is 8.49. The van der Waals surface area contributed by atoms with Crippen molar-refractivity contribution in [2.75, 3.05) is 10.7 Å². The molecule has 0 saturated heterocycles. The van der Waals surface area contributed by atoms with E-state index >= 15 is 0 Å². The Hall–Kier alpha value is -2.66. The van der Waals surface area contributed by atoms with Crippen molar-refractivity contribution in [1.29, 1.82) is 0 Å². The van der Waals surface area contributed by atoms with Crippen LogP contribution in [0.1, 0.15) is 12.5 Å². The van der Waals surface area contributed by atoms with Gasteiger partial charge in [0.15, 0.2) is 0 Å². The molecule has 0 aliphatic carbocycles. The van der Waals surface area contributed by atoms with Crippen molar-refractivity contribution in [1.82, 2.24) is 9.97 Å². The minimum absolute atomic E-state index is 0.648. The second kappa shape index (κ2) is 5.76. The van der Waals surface area contributed by atoms with Crippen molar-refractivity contribution in [2.24, 2.45) is 5.84 Å². The lowest BCUT2D eigenvalue weighted by molar-refractivity contribution is 1.04. The minimum atomic E-state index is 0.648. The van der Waals surface area contributed by atoms with Crippen LogP contribution in [0.15, 0.2) is 48.8 Å². The van der Waals surface area contributed by atoms with Gasteiger partial charge in [0, 0.05) is 16.6 Å². The maximum absolute atomic E-state index is 5.51. The zero-order valence-corrected chi connectivity index (χ0v) is 11.8. The Morgan fingerprint density at radius 2 is 1.76 bits per heavy atom. The van der Waals surface area contributed by atoms with Crippen LogP contribution < -0.4 is 16.6 Å². The maximum Gasteiger partial charge on any atom is 0.148 e. The van der Waals surface area contributed by atoms with Crippen LogP contribution in [0, 0.1) is 0 Å². The molecule has 0 atom stereocenters. The van der Waals surface area contributed by atoms with Gasteiger partial charge in [0.05, 0.1) is 0 Å². The molecule has 5 heteroatoms. The average molecular weight is 279 g/mol. The number of nitrogen functional groups attached to an aromatic ring is 1. The molecule has 1 heterocycles. The molecule has 0 aliphatic rings. The number of anilines is 3. The van der Waals surface area contributed by atoms with Crippen LogP contribution in [-0.2, 0) is 6.42 Å². The summed E-state index contributed by atoms with van der Waals surface area (Å²) in [5.74, 6) is 6.93. The monoisotopic (exact) mass is 279 g/mol. The first-order valence-corrected chi connectivity index (χ1v) is 6.88. The Labute approximate surface area is 123 Å². The summed E-state index contributed by atoms with van der Waals surface area (Å²) in [5, 5.41) is 5.74. The van der Waals surface area contributed by atoms with Crippen LogP contribution in [0.3, 0.4) is 0 Å². The van der Waals surface area contributed by atoms with E-state index in [9.17, 15) is 0 Å². The Balaban J connectivity index is 2.07. The SMILES string of the molecule is CCc1c(NN)ncnc1Nc1cccc2ccccc12. The quantitative estimate of drug-likeness (QED) is 0.505. The number of nitrogens with zero attached hydrogens (tertiary/aromatic N) is 2. The second-order valence-corrected chi connectivity index (χ2v) is 4.70. The van der Waals surface area contributed by atoms with Gasteiger partial charge in [-0.25, -0.2) is 15.8 Å². The van der Waals surface area contributed by atoms with E-state index in [1.807, 2.05) is 31.2 Å². The molecule has 4 N–H and O–H groups in total. The molecule has 0 amide bonds. The zero-order chi connectivity index (χ0) is 14.7. The Morgan fingerprint density at radius 3 is 2.57 bits per heavy atom. The summed E-state index contributed by atoms with van der Waals surface area (Å²) >= 11 is 0. The van der Waals surface area contributed by atoms with Crippen LogP contribution >= 0.6 is 0 Å². The van der Waals surface area contributed by atoms with Gasteiger partial charge in [-0.3, -0.25) is 0 Å². The van der Waals surface area contributed by atoms with Crippen molar-refractivity contribution in [3.05, 3.63) is 54.4 Å². The van der Waals surface area contributed by atoms with Gasteiger partial charge in [0.2, 0.25) is 0 Å². The Bertz CT molecular complexity index is 764. The van der Waals surface area contributed by atoms with Crippen LogP contribution in [-0.4, -0.2) is 9.97 Å². The van der Waals surface area contributed by atoms with Gasteiger partial charge < -0.3 is 10.7 Å². The van der Waals surface area contributed by atoms with Gasteiger partial charge in [-0.05, 0) is 17.9 Å². The minimum Gasteiger partial charge on any atom is -0.339 e. The van der Waals surface area contributed by atoms with Crippen LogP contribution in [0.4, 0.5) is 17.3 Å². The predicted octanol–water partition coefficient (Wildman–Crippen LogP) is 3.22. The van der Waals surface area contributed by atoms with Crippen molar-refractivity contribution in [3.63, 3.8) is 0 Å². The normalized spacial score (nSPS) is 10.6. The van der Waals surface area contributed by atoms with Crippen molar-refractivity contribution >= 4 is 28.1 Å². The summed E-state index contributed by atoms with van der Waals surface area (Å²) in [6.07, 6.45) is 2.29. The molecular formula is C16H17N5. The molecule has 3 rings (SSSR count).